The molecule has 0 aliphatic carbocycles. The predicted octanol–water partition coefficient (Wildman–Crippen LogP) is 1.26. The maximum absolute atomic E-state index is 12.3. The second-order valence-electron chi connectivity index (χ2n) is 5.17. The summed E-state index contributed by atoms with van der Waals surface area (Å²) in [5, 5.41) is 0. The fourth-order valence-electron chi connectivity index (χ4n) is 2.88. The fourth-order valence-corrected chi connectivity index (χ4v) is 2.88. The highest BCUT2D eigenvalue weighted by atomic mass is 19.4. The number of hydrogen-bond acceptors (Lipinski definition) is 3. The van der Waals surface area contributed by atoms with E-state index in [9.17, 15) is 18.0 Å². The molecule has 2 rings (SSSR count). The number of carbonyl (C=O) groups is 1. The minimum Gasteiger partial charge on any atom is -0.380 e. The predicted molar refractivity (Wildman–Crippen MR) is 62.6 cm³/mol. The number of piperidine rings is 1. The molecule has 7 heteroatoms. The van der Waals surface area contributed by atoms with E-state index in [0.717, 1.165) is 24.3 Å². The van der Waals surface area contributed by atoms with Gasteiger partial charge in [0.1, 0.15) is 6.54 Å². The molecule has 0 aromatic rings. The molecule has 0 bridgehead atoms. The summed E-state index contributed by atoms with van der Waals surface area (Å²) in [5.74, 6) is -0.394. The number of alkyl halides is 3. The Hall–Kier alpha value is -0.820. The molecule has 0 N–H and O–H groups in total. The first-order valence-electron chi connectivity index (χ1n) is 6.53. The Morgan fingerprint density at radius 2 is 2.05 bits per heavy atom. The number of carbonyl (C=O) groups excluding carboxylic acids is 1. The number of likely N-dealkylation sites (tertiary alicyclic amines) is 2. The third-order valence-corrected chi connectivity index (χ3v) is 3.82. The van der Waals surface area contributed by atoms with Gasteiger partial charge in [-0.1, -0.05) is 0 Å². The van der Waals surface area contributed by atoms with Gasteiger partial charge in [0, 0.05) is 20.2 Å². The summed E-state index contributed by atoms with van der Waals surface area (Å²) < 4.78 is 42.3. The maximum Gasteiger partial charge on any atom is 0.406 e. The Bertz CT molecular complexity index is 335. The van der Waals surface area contributed by atoms with Crippen molar-refractivity contribution in [3.63, 3.8) is 0 Å². The quantitative estimate of drug-likeness (QED) is 0.780. The van der Waals surface area contributed by atoms with E-state index in [1.54, 1.807) is 7.11 Å². The van der Waals surface area contributed by atoms with Crippen LogP contribution in [0.25, 0.3) is 0 Å². The summed E-state index contributed by atoms with van der Waals surface area (Å²) >= 11 is 0. The van der Waals surface area contributed by atoms with Crippen LogP contribution in [0.15, 0.2) is 0 Å². The first-order valence-corrected chi connectivity index (χ1v) is 6.53. The summed E-state index contributed by atoms with van der Waals surface area (Å²) in [6, 6.07) is -0.403. The highest BCUT2D eigenvalue weighted by molar-refractivity contribution is 5.84. The number of amides is 1. The summed E-state index contributed by atoms with van der Waals surface area (Å²) in [7, 11) is 1.63. The van der Waals surface area contributed by atoms with Gasteiger partial charge in [-0.3, -0.25) is 9.69 Å². The van der Waals surface area contributed by atoms with E-state index in [-0.39, 0.29) is 12.6 Å². The number of ether oxygens (including phenoxy) is 1. The average molecular weight is 280 g/mol. The smallest absolute Gasteiger partial charge is 0.380 e. The van der Waals surface area contributed by atoms with Crippen LogP contribution in [0.4, 0.5) is 13.2 Å². The molecule has 0 aromatic carbocycles. The lowest BCUT2D eigenvalue weighted by molar-refractivity contribution is -0.159. The molecule has 2 aliphatic rings. The molecular weight excluding hydrogens is 261 g/mol. The van der Waals surface area contributed by atoms with Crippen LogP contribution in [-0.4, -0.2) is 67.3 Å². The summed E-state index contributed by atoms with van der Waals surface area (Å²) in [6.07, 6.45) is -1.90. The van der Waals surface area contributed by atoms with Gasteiger partial charge in [0.15, 0.2) is 0 Å². The van der Waals surface area contributed by atoms with Crippen LogP contribution in [-0.2, 0) is 9.53 Å². The third kappa shape index (κ3) is 3.60. The molecule has 2 atom stereocenters. The van der Waals surface area contributed by atoms with Gasteiger partial charge < -0.3 is 9.64 Å². The van der Waals surface area contributed by atoms with Crippen LogP contribution in [0.5, 0.6) is 0 Å². The lowest BCUT2D eigenvalue weighted by Gasteiger charge is -2.35. The van der Waals surface area contributed by atoms with Gasteiger partial charge in [0.2, 0.25) is 5.91 Å². The van der Waals surface area contributed by atoms with Crippen molar-refractivity contribution in [3.05, 3.63) is 0 Å². The molecule has 1 amide bonds. The van der Waals surface area contributed by atoms with Gasteiger partial charge >= 0.3 is 6.18 Å². The minimum atomic E-state index is -4.32. The molecule has 0 radical (unpaired) electrons. The monoisotopic (exact) mass is 280 g/mol. The van der Waals surface area contributed by atoms with Crippen molar-refractivity contribution in [3.8, 4) is 0 Å². The minimum absolute atomic E-state index is 0.0817. The maximum atomic E-state index is 12.3. The molecule has 0 spiro atoms. The molecule has 2 saturated heterocycles. The second kappa shape index (κ2) is 5.66. The molecular formula is C12H19F3N2O2. The highest BCUT2D eigenvalue weighted by Crippen LogP contribution is 2.25. The lowest BCUT2D eigenvalue weighted by Crippen LogP contribution is -2.49. The van der Waals surface area contributed by atoms with Gasteiger partial charge in [-0.15, -0.1) is 0 Å². The Morgan fingerprint density at radius 1 is 1.32 bits per heavy atom. The van der Waals surface area contributed by atoms with Crippen molar-refractivity contribution in [1.29, 1.82) is 0 Å². The number of rotatable bonds is 3. The Kier molecular flexibility index (Phi) is 4.35. The zero-order valence-corrected chi connectivity index (χ0v) is 10.9. The van der Waals surface area contributed by atoms with E-state index in [1.807, 2.05) is 4.90 Å². The molecule has 0 saturated carbocycles. The average Bonchev–Trinajstić information content (AvgIpc) is 2.69. The zero-order valence-electron chi connectivity index (χ0n) is 10.9. The molecule has 19 heavy (non-hydrogen) atoms. The fraction of sp³-hybridized carbons (Fsp3) is 0.917. The van der Waals surface area contributed by atoms with E-state index in [4.69, 9.17) is 4.74 Å². The summed E-state index contributed by atoms with van der Waals surface area (Å²) in [5.41, 5.74) is 0. The number of hydrogen-bond donors (Lipinski definition) is 0. The van der Waals surface area contributed by atoms with Crippen molar-refractivity contribution in [1.82, 2.24) is 9.80 Å². The van der Waals surface area contributed by atoms with Crippen molar-refractivity contribution >= 4 is 5.91 Å². The lowest BCUT2D eigenvalue weighted by atomic mass is 10.1. The largest absolute Gasteiger partial charge is 0.406 e. The molecule has 2 aliphatic heterocycles. The summed E-state index contributed by atoms with van der Waals surface area (Å²) in [6.45, 7) is 0.448. The van der Waals surface area contributed by atoms with E-state index in [2.05, 4.69) is 0 Å². The van der Waals surface area contributed by atoms with Crippen molar-refractivity contribution in [2.75, 3.05) is 33.3 Å². The van der Waals surface area contributed by atoms with Gasteiger partial charge in [0.25, 0.3) is 0 Å². The number of nitrogens with zero attached hydrogens (tertiary/aromatic N) is 2. The van der Waals surface area contributed by atoms with E-state index >= 15 is 0 Å². The molecule has 0 unspecified atom stereocenters. The standard InChI is InChI=1S/C12H19F3N2O2/c1-19-9-3-2-5-16(7-9)10-4-6-17(11(10)18)8-12(13,14)15/h9-10H,2-8H2,1H3/t9-,10-/m0/s1. The Labute approximate surface area is 110 Å². The second-order valence-corrected chi connectivity index (χ2v) is 5.17. The topological polar surface area (TPSA) is 32.8 Å². The molecule has 4 nitrogen and oxygen atoms in total. The van der Waals surface area contributed by atoms with Crippen LogP contribution in [0.3, 0.4) is 0 Å². The SMILES string of the molecule is CO[C@H]1CCCN([C@H]2CCN(CC(F)(F)F)C2=O)C1. The van der Waals surface area contributed by atoms with E-state index < -0.39 is 24.7 Å². The van der Waals surface area contributed by atoms with Gasteiger partial charge in [-0.25, -0.2) is 0 Å². The molecule has 2 heterocycles. The van der Waals surface area contributed by atoms with Crippen molar-refractivity contribution in [2.24, 2.45) is 0 Å². The van der Waals surface area contributed by atoms with Crippen LogP contribution in [0.2, 0.25) is 0 Å². The third-order valence-electron chi connectivity index (χ3n) is 3.82. The molecule has 110 valence electrons. The normalized spacial score (nSPS) is 30.1. The highest BCUT2D eigenvalue weighted by Gasteiger charge is 2.42. The number of methoxy groups -OCH3 is 1. The van der Waals surface area contributed by atoms with E-state index in [0.29, 0.717) is 13.0 Å². The van der Waals surface area contributed by atoms with Crippen LogP contribution >= 0.6 is 0 Å². The zero-order chi connectivity index (χ0) is 14.0. The van der Waals surface area contributed by atoms with Crippen LogP contribution in [0, 0.1) is 0 Å². The summed E-state index contributed by atoms with van der Waals surface area (Å²) in [4.78, 5) is 14.9. The van der Waals surface area contributed by atoms with Crippen LogP contribution < -0.4 is 0 Å². The number of halogens is 3. The van der Waals surface area contributed by atoms with Gasteiger partial charge in [0.05, 0.1) is 12.1 Å². The van der Waals surface area contributed by atoms with Crippen LogP contribution in [0.1, 0.15) is 19.3 Å². The van der Waals surface area contributed by atoms with Gasteiger partial charge in [-0.05, 0) is 25.8 Å². The van der Waals surface area contributed by atoms with Gasteiger partial charge in [-0.2, -0.15) is 13.2 Å². The first kappa shape index (κ1) is 14.6. The van der Waals surface area contributed by atoms with E-state index in [1.165, 1.54) is 0 Å². The Balaban J connectivity index is 1.94. The molecule has 2 fully saturated rings. The first-order chi connectivity index (χ1) is 8.90. The Morgan fingerprint density at radius 3 is 2.68 bits per heavy atom. The van der Waals surface area contributed by atoms with Crippen molar-refractivity contribution in [2.45, 2.75) is 37.6 Å². The van der Waals surface area contributed by atoms with Crippen molar-refractivity contribution < 1.29 is 22.7 Å². The molecule has 0 aromatic heterocycles.